The van der Waals surface area contributed by atoms with E-state index >= 15 is 0 Å². The summed E-state index contributed by atoms with van der Waals surface area (Å²) in [7, 11) is 3.20. The highest BCUT2D eigenvalue weighted by Gasteiger charge is 2.06. The van der Waals surface area contributed by atoms with Crippen molar-refractivity contribution in [2.24, 2.45) is 0 Å². The van der Waals surface area contributed by atoms with Crippen molar-refractivity contribution >= 4 is 12.2 Å². The Labute approximate surface area is 133 Å². The van der Waals surface area contributed by atoms with E-state index in [1.807, 2.05) is 36.4 Å². The Morgan fingerprint density at radius 2 is 1.91 bits per heavy atom. The third-order valence-electron chi connectivity index (χ3n) is 3.19. The van der Waals surface area contributed by atoms with E-state index in [-0.39, 0.29) is 0 Å². The van der Waals surface area contributed by atoms with Crippen LogP contribution in [0.5, 0.6) is 11.5 Å². The van der Waals surface area contributed by atoms with Crippen LogP contribution in [0, 0.1) is 0 Å². The highest BCUT2D eigenvalue weighted by atomic mass is 16.5. The molecule has 0 fully saturated rings. The van der Waals surface area contributed by atoms with Crippen LogP contribution in [0.3, 0.4) is 0 Å². The number of aromatic nitrogens is 3. The van der Waals surface area contributed by atoms with Crippen molar-refractivity contribution in [1.29, 1.82) is 0 Å². The Kier molecular flexibility index (Phi) is 4.33. The molecule has 116 valence electrons. The normalized spacial score (nSPS) is 10.9. The van der Waals surface area contributed by atoms with Gasteiger partial charge in [0.25, 0.3) is 5.89 Å². The summed E-state index contributed by atoms with van der Waals surface area (Å²) in [4.78, 5) is 8.35. The molecule has 23 heavy (non-hydrogen) atoms. The second kappa shape index (κ2) is 6.74. The molecule has 3 rings (SSSR count). The van der Waals surface area contributed by atoms with Gasteiger partial charge in [0.2, 0.25) is 5.82 Å². The van der Waals surface area contributed by atoms with E-state index in [1.54, 1.807) is 32.7 Å². The Bertz CT molecular complexity index is 813. The second-order valence-electron chi connectivity index (χ2n) is 4.65. The van der Waals surface area contributed by atoms with Crippen molar-refractivity contribution in [3.63, 3.8) is 0 Å². The molecule has 0 aliphatic rings. The first-order chi connectivity index (χ1) is 11.3. The van der Waals surface area contributed by atoms with Crippen molar-refractivity contribution < 1.29 is 14.0 Å². The van der Waals surface area contributed by atoms with Gasteiger partial charge in [0.1, 0.15) is 0 Å². The number of benzene rings is 1. The highest BCUT2D eigenvalue weighted by molar-refractivity contribution is 5.68. The number of rotatable bonds is 5. The second-order valence-corrected chi connectivity index (χ2v) is 4.65. The maximum atomic E-state index is 5.27. The molecule has 0 aliphatic heterocycles. The van der Waals surface area contributed by atoms with Gasteiger partial charge in [0, 0.05) is 24.0 Å². The van der Waals surface area contributed by atoms with Crippen molar-refractivity contribution in [2.45, 2.75) is 0 Å². The predicted molar refractivity (Wildman–Crippen MR) is 86.0 cm³/mol. The van der Waals surface area contributed by atoms with Crippen LogP contribution in [-0.2, 0) is 0 Å². The summed E-state index contributed by atoms with van der Waals surface area (Å²) in [5.41, 5.74) is 1.74. The maximum Gasteiger partial charge on any atom is 0.250 e. The van der Waals surface area contributed by atoms with E-state index in [9.17, 15) is 0 Å². The zero-order valence-corrected chi connectivity index (χ0v) is 12.8. The minimum atomic E-state index is 0.415. The van der Waals surface area contributed by atoms with Crippen LogP contribution in [0.4, 0.5) is 0 Å². The summed E-state index contributed by atoms with van der Waals surface area (Å²) >= 11 is 0. The van der Waals surface area contributed by atoms with Gasteiger partial charge in [0.05, 0.1) is 14.2 Å². The van der Waals surface area contributed by atoms with E-state index in [1.165, 1.54) is 0 Å². The van der Waals surface area contributed by atoms with Gasteiger partial charge < -0.3 is 14.0 Å². The van der Waals surface area contributed by atoms with Crippen LogP contribution >= 0.6 is 0 Å². The van der Waals surface area contributed by atoms with Gasteiger partial charge >= 0.3 is 0 Å². The maximum absolute atomic E-state index is 5.27. The van der Waals surface area contributed by atoms with Gasteiger partial charge in [0.15, 0.2) is 11.5 Å². The van der Waals surface area contributed by atoms with Crippen molar-refractivity contribution in [3.05, 3.63) is 54.2 Å². The highest BCUT2D eigenvalue weighted by Crippen LogP contribution is 2.28. The summed E-state index contributed by atoms with van der Waals surface area (Å²) in [6.45, 7) is 0. The Hall–Kier alpha value is -3.15. The molecule has 2 aromatic heterocycles. The number of methoxy groups -OCH3 is 2. The predicted octanol–water partition coefficient (Wildman–Crippen LogP) is 3.32. The fraction of sp³-hybridized carbons (Fsp3) is 0.118. The molecule has 6 heteroatoms. The lowest BCUT2D eigenvalue weighted by atomic mass is 10.2. The molecule has 0 bridgehead atoms. The molecule has 6 nitrogen and oxygen atoms in total. The van der Waals surface area contributed by atoms with Gasteiger partial charge in [-0.2, -0.15) is 4.98 Å². The van der Waals surface area contributed by atoms with Crippen LogP contribution in [0.1, 0.15) is 11.5 Å². The average Bonchev–Trinajstić information content (AvgIpc) is 3.09. The van der Waals surface area contributed by atoms with E-state index in [2.05, 4.69) is 15.1 Å². The van der Waals surface area contributed by atoms with Gasteiger partial charge in [-0.3, -0.25) is 4.98 Å². The number of hydrogen-bond donors (Lipinski definition) is 0. The topological polar surface area (TPSA) is 70.3 Å². The minimum absolute atomic E-state index is 0.415. The van der Waals surface area contributed by atoms with Gasteiger partial charge in [-0.1, -0.05) is 11.2 Å². The molecule has 2 heterocycles. The summed E-state index contributed by atoms with van der Waals surface area (Å²) in [5.74, 6) is 2.27. The molecule has 0 atom stereocenters. The molecule has 0 saturated heterocycles. The van der Waals surface area contributed by atoms with Crippen molar-refractivity contribution in [2.75, 3.05) is 14.2 Å². The Morgan fingerprint density at radius 3 is 2.65 bits per heavy atom. The lowest BCUT2D eigenvalue weighted by Gasteiger charge is -2.07. The standard InChI is InChI=1S/C17H15N3O3/c1-21-14-7-5-12(10-15(14)22-2)6-8-16-19-17(20-23-16)13-4-3-9-18-11-13/h3-11H,1-2H3. The van der Waals surface area contributed by atoms with Gasteiger partial charge in [-0.05, 0) is 35.9 Å². The molecule has 0 aliphatic carbocycles. The number of hydrogen-bond acceptors (Lipinski definition) is 6. The fourth-order valence-electron chi connectivity index (χ4n) is 2.04. The van der Waals surface area contributed by atoms with Crippen LogP contribution in [0.2, 0.25) is 0 Å². The molecular weight excluding hydrogens is 294 g/mol. The first kappa shape index (κ1) is 14.8. The molecular formula is C17H15N3O3. The van der Waals surface area contributed by atoms with Gasteiger partial charge in [-0.15, -0.1) is 0 Å². The lowest BCUT2D eigenvalue weighted by Crippen LogP contribution is -1.90. The molecule has 0 amide bonds. The quantitative estimate of drug-likeness (QED) is 0.720. The van der Waals surface area contributed by atoms with Crippen LogP contribution in [0.15, 0.2) is 47.2 Å². The lowest BCUT2D eigenvalue weighted by molar-refractivity contribution is 0.355. The average molecular weight is 309 g/mol. The Balaban J connectivity index is 1.80. The summed E-state index contributed by atoms with van der Waals surface area (Å²) in [6, 6.07) is 9.32. The smallest absolute Gasteiger partial charge is 0.250 e. The zero-order chi connectivity index (χ0) is 16.1. The summed E-state index contributed by atoms with van der Waals surface area (Å²) in [5, 5.41) is 3.94. The first-order valence-electron chi connectivity index (χ1n) is 6.94. The monoisotopic (exact) mass is 309 g/mol. The Morgan fingerprint density at radius 1 is 1.04 bits per heavy atom. The van der Waals surface area contributed by atoms with Crippen LogP contribution in [-0.4, -0.2) is 29.3 Å². The van der Waals surface area contributed by atoms with E-state index in [0.717, 1.165) is 11.1 Å². The molecule has 1 aromatic carbocycles. The van der Waals surface area contributed by atoms with Crippen molar-refractivity contribution in [1.82, 2.24) is 15.1 Å². The SMILES string of the molecule is COc1ccc(C=Cc2nc(-c3cccnc3)no2)cc1OC. The molecule has 0 unspecified atom stereocenters. The third kappa shape index (κ3) is 3.37. The molecule has 0 spiro atoms. The molecule has 3 aromatic rings. The van der Waals surface area contributed by atoms with E-state index in [4.69, 9.17) is 14.0 Å². The van der Waals surface area contributed by atoms with Crippen LogP contribution < -0.4 is 9.47 Å². The summed E-state index contributed by atoms with van der Waals surface area (Å²) < 4.78 is 15.7. The molecule has 0 N–H and O–H groups in total. The first-order valence-corrected chi connectivity index (χ1v) is 6.94. The largest absolute Gasteiger partial charge is 0.493 e. The number of ether oxygens (including phenoxy) is 2. The zero-order valence-electron chi connectivity index (χ0n) is 12.8. The molecule has 0 radical (unpaired) electrons. The van der Waals surface area contributed by atoms with Crippen molar-refractivity contribution in [3.8, 4) is 22.9 Å². The third-order valence-corrected chi connectivity index (χ3v) is 3.19. The fourth-order valence-corrected chi connectivity index (χ4v) is 2.04. The molecule has 0 saturated carbocycles. The van der Waals surface area contributed by atoms with Crippen LogP contribution in [0.25, 0.3) is 23.5 Å². The number of nitrogens with zero attached hydrogens (tertiary/aromatic N) is 3. The summed E-state index contributed by atoms with van der Waals surface area (Å²) in [6.07, 6.45) is 6.99. The van der Waals surface area contributed by atoms with E-state index < -0.39 is 0 Å². The number of pyridine rings is 1. The minimum Gasteiger partial charge on any atom is -0.493 e. The van der Waals surface area contributed by atoms with Gasteiger partial charge in [-0.25, -0.2) is 0 Å². The van der Waals surface area contributed by atoms with E-state index in [0.29, 0.717) is 23.2 Å².